The average Bonchev–Trinajstić information content (AvgIpc) is 2.25. The normalized spacial score (nSPS) is 11.8. The lowest BCUT2D eigenvalue weighted by atomic mass is 10.1. The number of hydrogen-bond acceptors (Lipinski definition) is 3. The van der Waals surface area contributed by atoms with Crippen LogP contribution in [-0.2, 0) is 21.1 Å². The van der Waals surface area contributed by atoms with Crippen molar-refractivity contribution in [1.82, 2.24) is 0 Å². The van der Waals surface area contributed by atoms with Crippen LogP contribution in [0, 0.1) is 0 Å². The van der Waals surface area contributed by atoms with Crippen molar-refractivity contribution in [1.29, 1.82) is 0 Å². The number of nitrogens with two attached hydrogens (primary N) is 1. The van der Waals surface area contributed by atoms with E-state index < -0.39 is 10.3 Å². The molecular weight excluding hydrogens is 226 g/mol. The molecule has 0 saturated heterocycles. The first-order valence-corrected chi connectivity index (χ1v) is 6.16. The van der Waals surface area contributed by atoms with Crippen LogP contribution in [0.25, 0.3) is 10.8 Å². The number of hydrogen-bond donors (Lipinski definition) is 1. The van der Waals surface area contributed by atoms with E-state index in [9.17, 15) is 8.42 Å². The summed E-state index contributed by atoms with van der Waals surface area (Å²) in [4.78, 5) is 0. The summed E-state index contributed by atoms with van der Waals surface area (Å²) in [5.74, 6) is 0. The van der Waals surface area contributed by atoms with Gasteiger partial charge in [0.2, 0.25) is 0 Å². The van der Waals surface area contributed by atoms with E-state index in [1.165, 1.54) is 0 Å². The summed E-state index contributed by atoms with van der Waals surface area (Å²) >= 11 is 0. The maximum atomic E-state index is 10.6. The van der Waals surface area contributed by atoms with Gasteiger partial charge >= 0.3 is 10.3 Å². The van der Waals surface area contributed by atoms with Crippen molar-refractivity contribution in [3.05, 3.63) is 48.0 Å². The second-order valence-electron chi connectivity index (χ2n) is 3.44. The highest BCUT2D eigenvalue weighted by atomic mass is 32.2. The van der Waals surface area contributed by atoms with Crippen molar-refractivity contribution in [2.24, 2.45) is 5.14 Å². The van der Waals surface area contributed by atoms with Crippen molar-refractivity contribution >= 4 is 21.1 Å². The first-order valence-electron chi connectivity index (χ1n) is 4.69. The van der Waals surface area contributed by atoms with Crippen LogP contribution in [0.3, 0.4) is 0 Å². The Morgan fingerprint density at radius 1 is 1.06 bits per heavy atom. The van der Waals surface area contributed by atoms with Gasteiger partial charge < -0.3 is 0 Å². The minimum Gasteiger partial charge on any atom is -0.253 e. The van der Waals surface area contributed by atoms with Gasteiger partial charge in [-0.2, -0.15) is 8.42 Å². The maximum Gasteiger partial charge on any atom is 0.333 e. The second-order valence-corrected chi connectivity index (χ2v) is 4.66. The lowest BCUT2D eigenvalue weighted by Crippen LogP contribution is -2.15. The fourth-order valence-corrected chi connectivity index (χ4v) is 1.78. The molecule has 2 aromatic carbocycles. The van der Waals surface area contributed by atoms with Crippen molar-refractivity contribution in [2.45, 2.75) is 6.61 Å². The summed E-state index contributed by atoms with van der Waals surface area (Å²) in [6, 6.07) is 13.4. The third-order valence-corrected chi connectivity index (χ3v) is 2.65. The van der Waals surface area contributed by atoms with E-state index >= 15 is 0 Å². The number of benzene rings is 2. The highest BCUT2D eigenvalue weighted by Crippen LogP contribution is 2.16. The first kappa shape index (κ1) is 11.1. The molecule has 4 nitrogen and oxygen atoms in total. The SMILES string of the molecule is NS(=O)(=O)OCc1ccc2ccccc2c1. The molecule has 16 heavy (non-hydrogen) atoms. The third kappa shape index (κ3) is 2.79. The predicted octanol–water partition coefficient (Wildman–Crippen LogP) is 1.56. The van der Waals surface area contributed by atoms with Gasteiger partial charge in [0.05, 0.1) is 6.61 Å². The van der Waals surface area contributed by atoms with Crippen LogP contribution in [0.15, 0.2) is 42.5 Å². The predicted molar refractivity (Wildman–Crippen MR) is 61.8 cm³/mol. The summed E-state index contributed by atoms with van der Waals surface area (Å²) in [7, 11) is -3.88. The van der Waals surface area contributed by atoms with Gasteiger partial charge in [0.15, 0.2) is 0 Å². The Bertz CT molecular complexity index is 607. The summed E-state index contributed by atoms with van der Waals surface area (Å²) in [5, 5.41) is 6.88. The van der Waals surface area contributed by atoms with Gasteiger partial charge in [0, 0.05) is 0 Å². The zero-order valence-corrected chi connectivity index (χ0v) is 9.28. The summed E-state index contributed by atoms with van der Waals surface area (Å²) in [6.07, 6.45) is 0. The van der Waals surface area contributed by atoms with Gasteiger partial charge in [-0.3, -0.25) is 4.18 Å². The van der Waals surface area contributed by atoms with Gasteiger partial charge in [-0.25, -0.2) is 5.14 Å². The lowest BCUT2D eigenvalue weighted by Gasteiger charge is -2.03. The fourth-order valence-electron chi connectivity index (χ4n) is 1.48. The quantitative estimate of drug-likeness (QED) is 0.880. The Balaban J connectivity index is 2.26. The van der Waals surface area contributed by atoms with Crippen molar-refractivity contribution in [2.75, 3.05) is 0 Å². The summed E-state index contributed by atoms with van der Waals surface area (Å²) in [6.45, 7) is -0.0380. The molecule has 0 aliphatic carbocycles. The van der Waals surface area contributed by atoms with E-state index in [-0.39, 0.29) is 6.61 Å². The van der Waals surface area contributed by atoms with Crippen LogP contribution in [0.2, 0.25) is 0 Å². The molecule has 0 fully saturated rings. The van der Waals surface area contributed by atoms with E-state index in [0.29, 0.717) is 0 Å². The van der Waals surface area contributed by atoms with Gasteiger partial charge in [0.25, 0.3) is 0 Å². The Kier molecular flexibility index (Phi) is 2.91. The molecule has 0 spiro atoms. The van der Waals surface area contributed by atoms with E-state index in [2.05, 4.69) is 4.18 Å². The van der Waals surface area contributed by atoms with Crippen LogP contribution in [0.5, 0.6) is 0 Å². The molecular formula is C11H11NO3S. The molecule has 0 aliphatic heterocycles. The highest BCUT2D eigenvalue weighted by Gasteiger charge is 2.03. The van der Waals surface area contributed by atoms with E-state index in [1.807, 2.05) is 42.5 Å². The van der Waals surface area contributed by atoms with Crippen LogP contribution in [0.1, 0.15) is 5.56 Å². The van der Waals surface area contributed by atoms with Crippen LogP contribution < -0.4 is 5.14 Å². The summed E-state index contributed by atoms with van der Waals surface area (Å²) < 4.78 is 25.8. The molecule has 0 aliphatic rings. The van der Waals surface area contributed by atoms with E-state index in [0.717, 1.165) is 16.3 Å². The molecule has 0 saturated carbocycles. The third-order valence-electron chi connectivity index (χ3n) is 2.20. The van der Waals surface area contributed by atoms with Gasteiger partial charge in [-0.15, -0.1) is 0 Å². The minimum absolute atomic E-state index is 0.0380. The molecule has 2 rings (SSSR count). The molecule has 0 amide bonds. The first-order chi connectivity index (χ1) is 7.54. The molecule has 0 atom stereocenters. The molecule has 5 heteroatoms. The van der Waals surface area contributed by atoms with Crippen molar-refractivity contribution in [3.8, 4) is 0 Å². The standard InChI is InChI=1S/C11H11NO3S/c12-16(13,14)15-8-9-5-6-10-3-1-2-4-11(10)7-9/h1-7H,8H2,(H2,12,13,14). The molecule has 0 unspecified atom stereocenters. The summed E-state index contributed by atoms with van der Waals surface area (Å²) in [5.41, 5.74) is 0.771. The Labute approximate surface area is 93.9 Å². The topological polar surface area (TPSA) is 69.4 Å². The second kappa shape index (κ2) is 4.21. The van der Waals surface area contributed by atoms with Crippen molar-refractivity contribution in [3.63, 3.8) is 0 Å². The molecule has 2 aromatic rings. The minimum atomic E-state index is -3.88. The molecule has 84 valence electrons. The monoisotopic (exact) mass is 237 g/mol. The van der Waals surface area contributed by atoms with Gasteiger partial charge in [0.1, 0.15) is 0 Å². The highest BCUT2D eigenvalue weighted by molar-refractivity contribution is 7.84. The number of rotatable bonds is 3. The molecule has 0 bridgehead atoms. The Hall–Kier alpha value is -1.43. The van der Waals surface area contributed by atoms with E-state index in [4.69, 9.17) is 5.14 Å². The molecule has 0 aromatic heterocycles. The fraction of sp³-hybridized carbons (Fsp3) is 0.0909. The van der Waals surface area contributed by atoms with Crippen LogP contribution in [0.4, 0.5) is 0 Å². The average molecular weight is 237 g/mol. The zero-order valence-electron chi connectivity index (χ0n) is 8.46. The lowest BCUT2D eigenvalue weighted by molar-refractivity contribution is 0.309. The van der Waals surface area contributed by atoms with Gasteiger partial charge in [-0.1, -0.05) is 36.4 Å². The smallest absolute Gasteiger partial charge is 0.253 e. The maximum absolute atomic E-state index is 10.6. The van der Waals surface area contributed by atoms with Crippen molar-refractivity contribution < 1.29 is 12.6 Å². The van der Waals surface area contributed by atoms with Crippen LogP contribution >= 0.6 is 0 Å². The molecule has 2 N–H and O–H groups in total. The van der Waals surface area contributed by atoms with Crippen LogP contribution in [-0.4, -0.2) is 8.42 Å². The Morgan fingerprint density at radius 3 is 2.44 bits per heavy atom. The largest absolute Gasteiger partial charge is 0.333 e. The van der Waals surface area contributed by atoms with E-state index in [1.54, 1.807) is 0 Å². The number of fused-ring (bicyclic) bond motifs is 1. The Morgan fingerprint density at radius 2 is 1.75 bits per heavy atom. The van der Waals surface area contributed by atoms with Gasteiger partial charge in [-0.05, 0) is 22.4 Å². The zero-order chi connectivity index (χ0) is 11.6. The molecule has 0 heterocycles. The molecule has 0 radical (unpaired) electrons.